The van der Waals surface area contributed by atoms with Gasteiger partial charge in [-0.05, 0) is 48.0 Å². The van der Waals surface area contributed by atoms with Gasteiger partial charge in [0.25, 0.3) is 5.91 Å². The van der Waals surface area contributed by atoms with Crippen molar-refractivity contribution in [2.75, 3.05) is 19.1 Å². The third-order valence-corrected chi connectivity index (χ3v) is 5.85. The number of anilines is 1. The molecule has 0 unspecified atom stereocenters. The Hall–Kier alpha value is -3.78. The van der Waals surface area contributed by atoms with E-state index in [0.29, 0.717) is 27.8 Å². The molecule has 1 aromatic heterocycles. The summed E-state index contributed by atoms with van der Waals surface area (Å²) in [6.07, 6.45) is 0. The summed E-state index contributed by atoms with van der Waals surface area (Å²) in [5.74, 6) is -1.13. The van der Waals surface area contributed by atoms with Crippen molar-refractivity contribution in [3.8, 4) is 22.1 Å². The highest BCUT2D eigenvalue weighted by atomic mass is 32.1. The van der Waals surface area contributed by atoms with E-state index in [1.807, 2.05) is 30.3 Å². The molecule has 0 bridgehead atoms. The van der Waals surface area contributed by atoms with Crippen molar-refractivity contribution in [3.63, 3.8) is 0 Å². The summed E-state index contributed by atoms with van der Waals surface area (Å²) in [6, 6.07) is 18.2. The fourth-order valence-corrected chi connectivity index (χ4v) is 3.95. The van der Waals surface area contributed by atoms with Gasteiger partial charge in [-0.2, -0.15) is 0 Å². The number of para-hydroxylation sites is 1. The number of halogens is 2. The number of thiazole rings is 1. The summed E-state index contributed by atoms with van der Waals surface area (Å²) < 4.78 is 37.7. The maximum Gasteiger partial charge on any atom is 0.277 e. The number of aromatic nitrogens is 1. The highest BCUT2D eigenvalue weighted by Gasteiger charge is 2.18. The SMILES string of the molecule is COc1cc(-c2nc(C(=O)N(C)c3ccccc3)cs2)ccc1OCc1ccc(F)c(F)c1. The smallest absolute Gasteiger partial charge is 0.277 e. The van der Waals surface area contributed by atoms with Crippen LogP contribution in [0.2, 0.25) is 0 Å². The molecule has 1 amide bonds. The molecule has 0 radical (unpaired) electrons. The number of benzene rings is 3. The van der Waals surface area contributed by atoms with Crippen molar-refractivity contribution in [1.29, 1.82) is 0 Å². The summed E-state index contributed by atoms with van der Waals surface area (Å²) in [5, 5.41) is 2.38. The first kappa shape index (κ1) is 22.4. The van der Waals surface area contributed by atoms with Gasteiger partial charge in [0.05, 0.1) is 7.11 Å². The molecule has 0 saturated heterocycles. The molecule has 0 aliphatic rings. The van der Waals surface area contributed by atoms with Crippen LogP contribution < -0.4 is 14.4 Å². The van der Waals surface area contributed by atoms with Crippen LogP contribution in [0.5, 0.6) is 11.5 Å². The van der Waals surface area contributed by atoms with Gasteiger partial charge < -0.3 is 14.4 Å². The molecule has 1 heterocycles. The van der Waals surface area contributed by atoms with E-state index >= 15 is 0 Å². The molecule has 0 spiro atoms. The zero-order valence-corrected chi connectivity index (χ0v) is 18.7. The Morgan fingerprint density at radius 2 is 1.79 bits per heavy atom. The second-order valence-corrected chi connectivity index (χ2v) is 8.00. The normalized spacial score (nSPS) is 10.7. The van der Waals surface area contributed by atoms with Crippen LogP contribution in [0.3, 0.4) is 0 Å². The monoisotopic (exact) mass is 466 g/mol. The molecule has 8 heteroatoms. The summed E-state index contributed by atoms with van der Waals surface area (Å²) in [7, 11) is 3.22. The molecule has 5 nitrogen and oxygen atoms in total. The van der Waals surface area contributed by atoms with Crippen LogP contribution in [-0.4, -0.2) is 25.0 Å². The minimum Gasteiger partial charge on any atom is -0.493 e. The number of amides is 1. The number of hydrogen-bond donors (Lipinski definition) is 0. The van der Waals surface area contributed by atoms with E-state index in [-0.39, 0.29) is 12.5 Å². The first-order valence-electron chi connectivity index (χ1n) is 10.00. The van der Waals surface area contributed by atoms with Gasteiger partial charge >= 0.3 is 0 Å². The number of carbonyl (C=O) groups is 1. The fraction of sp³-hybridized carbons (Fsp3) is 0.120. The minimum absolute atomic E-state index is 0.0502. The summed E-state index contributed by atoms with van der Waals surface area (Å²) in [4.78, 5) is 18.9. The Morgan fingerprint density at radius 1 is 1.00 bits per heavy atom. The van der Waals surface area contributed by atoms with Crippen LogP contribution in [0.1, 0.15) is 16.1 Å². The molecule has 168 valence electrons. The molecule has 4 aromatic rings. The lowest BCUT2D eigenvalue weighted by Gasteiger charge is -2.15. The van der Waals surface area contributed by atoms with Crippen molar-refractivity contribution in [2.24, 2.45) is 0 Å². The van der Waals surface area contributed by atoms with E-state index in [4.69, 9.17) is 9.47 Å². The van der Waals surface area contributed by atoms with E-state index in [1.54, 1.807) is 35.5 Å². The molecule has 0 aliphatic carbocycles. The molecule has 4 rings (SSSR count). The van der Waals surface area contributed by atoms with Gasteiger partial charge in [-0.3, -0.25) is 4.79 Å². The molecule has 33 heavy (non-hydrogen) atoms. The van der Waals surface area contributed by atoms with Gasteiger partial charge in [0.2, 0.25) is 0 Å². The zero-order valence-electron chi connectivity index (χ0n) is 17.9. The second-order valence-electron chi connectivity index (χ2n) is 7.14. The van der Waals surface area contributed by atoms with Crippen molar-refractivity contribution in [1.82, 2.24) is 4.98 Å². The van der Waals surface area contributed by atoms with Gasteiger partial charge in [-0.1, -0.05) is 24.3 Å². The highest BCUT2D eigenvalue weighted by molar-refractivity contribution is 7.13. The number of methoxy groups -OCH3 is 1. The molecule has 3 aromatic carbocycles. The van der Waals surface area contributed by atoms with Crippen LogP contribution >= 0.6 is 11.3 Å². The molecular weight excluding hydrogens is 446 g/mol. The number of carbonyl (C=O) groups excluding carboxylic acids is 1. The lowest BCUT2D eigenvalue weighted by molar-refractivity contribution is 0.0989. The Kier molecular flexibility index (Phi) is 6.65. The molecule has 0 aliphatic heterocycles. The van der Waals surface area contributed by atoms with E-state index < -0.39 is 11.6 Å². The van der Waals surface area contributed by atoms with Crippen molar-refractivity contribution in [3.05, 3.63) is 95.0 Å². The molecule has 0 atom stereocenters. The van der Waals surface area contributed by atoms with Gasteiger partial charge in [0, 0.05) is 23.7 Å². The Morgan fingerprint density at radius 3 is 2.52 bits per heavy atom. The topological polar surface area (TPSA) is 51.7 Å². The molecule has 0 saturated carbocycles. The summed E-state index contributed by atoms with van der Waals surface area (Å²) in [5.41, 5.74) is 2.38. The minimum atomic E-state index is -0.926. The first-order valence-corrected chi connectivity index (χ1v) is 10.9. The third kappa shape index (κ3) is 5.01. The quantitative estimate of drug-likeness (QED) is 0.338. The van der Waals surface area contributed by atoms with E-state index in [9.17, 15) is 13.6 Å². The Labute approximate surface area is 193 Å². The van der Waals surface area contributed by atoms with E-state index in [1.165, 1.54) is 24.5 Å². The number of rotatable bonds is 7. The van der Waals surface area contributed by atoms with Crippen LogP contribution in [0, 0.1) is 11.6 Å². The van der Waals surface area contributed by atoms with Crippen LogP contribution in [0.4, 0.5) is 14.5 Å². The largest absolute Gasteiger partial charge is 0.493 e. The van der Waals surface area contributed by atoms with Gasteiger partial charge in [0.1, 0.15) is 17.3 Å². The van der Waals surface area contributed by atoms with E-state index in [0.717, 1.165) is 23.4 Å². The number of ether oxygens (including phenoxy) is 2. The van der Waals surface area contributed by atoms with Gasteiger partial charge in [-0.15, -0.1) is 11.3 Å². The van der Waals surface area contributed by atoms with Gasteiger partial charge in [0.15, 0.2) is 23.1 Å². The first-order chi connectivity index (χ1) is 16.0. The predicted octanol–water partition coefficient (Wildman–Crippen LogP) is 5.95. The average molecular weight is 467 g/mol. The van der Waals surface area contributed by atoms with Crippen LogP contribution in [0.25, 0.3) is 10.6 Å². The maximum atomic E-state index is 13.4. The maximum absolute atomic E-state index is 13.4. The average Bonchev–Trinajstić information content (AvgIpc) is 3.34. The second kappa shape index (κ2) is 9.79. The predicted molar refractivity (Wildman–Crippen MR) is 124 cm³/mol. The van der Waals surface area contributed by atoms with Crippen LogP contribution in [0.15, 0.2) is 72.1 Å². The highest BCUT2D eigenvalue weighted by Crippen LogP contribution is 2.34. The van der Waals surface area contributed by atoms with Crippen molar-refractivity contribution in [2.45, 2.75) is 6.61 Å². The van der Waals surface area contributed by atoms with Crippen LogP contribution in [-0.2, 0) is 6.61 Å². The van der Waals surface area contributed by atoms with Gasteiger partial charge in [-0.25, -0.2) is 13.8 Å². The lowest BCUT2D eigenvalue weighted by atomic mass is 10.2. The Balaban J connectivity index is 1.50. The fourth-order valence-electron chi connectivity index (χ4n) is 3.16. The summed E-state index contributed by atoms with van der Waals surface area (Å²) >= 11 is 1.35. The number of nitrogens with zero attached hydrogens (tertiary/aromatic N) is 2. The van der Waals surface area contributed by atoms with Crippen molar-refractivity contribution < 1.29 is 23.0 Å². The third-order valence-electron chi connectivity index (χ3n) is 4.96. The lowest BCUT2D eigenvalue weighted by Crippen LogP contribution is -2.26. The van der Waals surface area contributed by atoms with E-state index in [2.05, 4.69) is 4.98 Å². The Bertz CT molecular complexity index is 1280. The molecular formula is C25H20F2N2O3S. The number of hydrogen-bond acceptors (Lipinski definition) is 5. The zero-order chi connectivity index (χ0) is 23.4. The summed E-state index contributed by atoms with van der Waals surface area (Å²) in [6.45, 7) is 0.0502. The molecule has 0 N–H and O–H groups in total. The standard InChI is InChI=1S/C25H20F2N2O3S/c1-29(18-6-4-3-5-7-18)25(30)21-15-33-24(28-21)17-9-11-22(23(13-17)31-2)32-14-16-8-10-19(26)20(27)12-16/h3-13,15H,14H2,1-2H3. The molecule has 0 fully saturated rings. The van der Waals surface area contributed by atoms with Crippen molar-refractivity contribution >= 4 is 22.9 Å².